The first-order valence-electron chi connectivity index (χ1n) is 10.3. The quantitative estimate of drug-likeness (QED) is 0.493. The van der Waals surface area contributed by atoms with Gasteiger partial charge in [-0.3, -0.25) is 9.59 Å². The molecule has 4 rings (SSSR count). The van der Waals surface area contributed by atoms with Gasteiger partial charge in [0.25, 0.3) is 0 Å². The molecule has 1 N–H and O–H groups in total. The zero-order chi connectivity index (χ0) is 21.1. The highest BCUT2D eigenvalue weighted by molar-refractivity contribution is 7.09. The van der Waals surface area contributed by atoms with Crippen molar-refractivity contribution < 1.29 is 14.3 Å². The fraction of sp³-hybridized carbons (Fsp3) is 0.333. The summed E-state index contributed by atoms with van der Waals surface area (Å²) < 4.78 is 7.89. The second kappa shape index (κ2) is 8.88. The van der Waals surface area contributed by atoms with E-state index in [2.05, 4.69) is 27.4 Å². The molecule has 3 aromatic rings. The molecule has 0 atom stereocenters. The van der Waals surface area contributed by atoms with Gasteiger partial charge in [-0.1, -0.05) is 6.07 Å². The van der Waals surface area contributed by atoms with Gasteiger partial charge in [0.05, 0.1) is 0 Å². The maximum Gasteiger partial charge on any atom is 0.227 e. The minimum absolute atomic E-state index is 0.0109. The molecule has 6 heteroatoms. The topological polar surface area (TPSA) is 60.3 Å². The Labute approximate surface area is 180 Å². The van der Waals surface area contributed by atoms with Gasteiger partial charge in [0.15, 0.2) is 6.61 Å². The van der Waals surface area contributed by atoms with Crippen LogP contribution in [0.3, 0.4) is 0 Å². The Morgan fingerprint density at radius 2 is 1.93 bits per heavy atom. The van der Waals surface area contributed by atoms with Crippen molar-refractivity contribution in [3.8, 4) is 5.75 Å². The lowest BCUT2D eigenvalue weighted by atomic mass is 10.1. The molecule has 1 amide bonds. The van der Waals surface area contributed by atoms with Crippen LogP contribution >= 0.6 is 11.3 Å². The molecule has 2 heterocycles. The Morgan fingerprint density at radius 3 is 2.60 bits per heavy atom. The average molecular weight is 423 g/mol. The summed E-state index contributed by atoms with van der Waals surface area (Å²) in [5, 5.41) is 4.98. The average Bonchev–Trinajstić information content (AvgIpc) is 3.40. The van der Waals surface area contributed by atoms with Crippen LogP contribution in [0.4, 0.5) is 5.69 Å². The van der Waals surface area contributed by atoms with Crippen LogP contribution in [0.2, 0.25) is 0 Å². The molecule has 1 fully saturated rings. The molecule has 156 valence electrons. The first-order valence-corrected chi connectivity index (χ1v) is 11.2. The van der Waals surface area contributed by atoms with Crippen LogP contribution < -0.4 is 10.1 Å². The number of carbonyl (C=O) groups excluding carboxylic acids is 2. The van der Waals surface area contributed by atoms with Gasteiger partial charge >= 0.3 is 0 Å². The maximum atomic E-state index is 12.7. The highest BCUT2D eigenvalue weighted by atomic mass is 32.1. The molecule has 1 aliphatic rings. The third kappa shape index (κ3) is 4.82. The third-order valence-corrected chi connectivity index (χ3v) is 6.41. The zero-order valence-corrected chi connectivity index (χ0v) is 18.1. The molecule has 1 saturated carbocycles. The monoisotopic (exact) mass is 422 g/mol. The summed E-state index contributed by atoms with van der Waals surface area (Å²) in [4.78, 5) is 25.9. The Morgan fingerprint density at radius 1 is 1.17 bits per heavy atom. The van der Waals surface area contributed by atoms with Crippen molar-refractivity contribution in [2.45, 2.75) is 39.7 Å². The maximum absolute atomic E-state index is 12.7. The number of ether oxygens (including phenoxy) is 1. The summed E-state index contributed by atoms with van der Waals surface area (Å²) in [5.41, 5.74) is 3.53. The number of amides is 1. The Bertz CT molecular complexity index is 1030. The van der Waals surface area contributed by atoms with Crippen molar-refractivity contribution in [1.82, 2.24) is 4.57 Å². The number of thiophene rings is 1. The number of ketones is 1. The van der Waals surface area contributed by atoms with Crippen LogP contribution in [-0.4, -0.2) is 22.9 Å². The molecular weight excluding hydrogens is 396 g/mol. The summed E-state index contributed by atoms with van der Waals surface area (Å²) in [6.07, 6.45) is 2.91. The van der Waals surface area contributed by atoms with Gasteiger partial charge in [-0.15, -0.1) is 11.3 Å². The first kappa shape index (κ1) is 20.4. The molecule has 0 unspecified atom stereocenters. The minimum Gasteiger partial charge on any atom is -0.485 e. The minimum atomic E-state index is -0.0309. The second-order valence-corrected chi connectivity index (χ2v) is 8.80. The Balaban J connectivity index is 1.33. The van der Waals surface area contributed by atoms with E-state index in [0.29, 0.717) is 11.3 Å². The number of anilines is 1. The lowest BCUT2D eigenvalue weighted by molar-refractivity contribution is -0.117. The van der Waals surface area contributed by atoms with E-state index in [-0.39, 0.29) is 24.2 Å². The summed E-state index contributed by atoms with van der Waals surface area (Å²) in [6.45, 7) is 4.88. The molecule has 0 radical (unpaired) electrons. The van der Waals surface area contributed by atoms with E-state index < -0.39 is 0 Å². The van der Waals surface area contributed by atoms with E-state index in [0.717, 1.165) is 42.9 Å². The molecule has 0 spiro atoms. The van der Waals surface area contributed by atoms with Gasteiger partial charge in [0, 0.05) is 40.0 Å². The standard InChI is InChI=1S/C24H26N2O3S/c1-16-14-22(17(2)26(16)12-11-21-4-3-13-30-21)23(27)15-29-20-9-7-19(8-10-20)25-24(28)18-5-6-18/h3-4,7-10,13-14,18H,5-6,11-12,15H2,1-2H3,(H,25,28). The number of nitrogens with one attached hydrogen (secondary N) is 1. The molecule has 1 aliphatic carbocycles. The fourth-order valence-corrected chi connectivity index (χ4v) is 4.25. The molecule has 5 nitrogen and oxygen atoms in total. The van der Waals surface area contributed by atoms with E-state index in [1.165, 1.54) is 4.88 Å². The largest absolute Gasteiger partial charge is 0.485 e. The molecule has 30 heavy (non-hydrogen) atoms. The van der Waals surface area contributed by atoms with Gasteiger partial charge in [-0.05, 0) is 74.9 Å². The predicted octanol–water partition coefficient (Wildman–Crippen LogP) is 5.02. The summed E-state index contributed by atoms with van der Waals surface area (Å²) in [7, 11) is 0. The van der Waals surface area contributed by atoms with Crippen LogP contribution in [0.5, 0.6) is 5.75 Å². The number of aromatic nitrogens is 1. The van der Waals surface area contributed by atoms with Crippen LogP contribution in [0.1, 0.15) is 39.5 Å². The highest BCUT2D eigenvalue weighted by Gasteiger charge is 2.29. The van der Waals surface area contributed by atoms with E-state index in [1.807, 2.05) is 19.9 Å². The van der Waals surface area contributed by atoms with Crippen molar-refractivity contribution in [2.24, 2.45) is 5.92 Å². The van der Waals surface area contributed by atoms with Crippen LogP contribution in [0.15, 0.2) is 47.8 Å². The number of rotatable bonds is 9. The smallest absolute Gasteiger partial charge is 0.227 e. The first-order chi connectivity index (χ1) is 14.5. The molecule has 2 aromatic heterocycles. The number of aryl methyl sites for hydroxylation is 2. The van der Waals surface area contributed by atoms with E-state index in [9.17, 15) is 9.59 Å². The van der Waals surface area contributed by atoms with E-state index in [4.69, 9.17) is 4.74 Å². The molecule has 1 aromatic carbocycles. The van der Waals surface area contributed by atoms with Crippen molar-refractivity contribution in [1.29, 1.82) is 0 Å². The van der Waals surface area contributed by atoms with Gasteiger partial charge < -0.3 is 14.6 Å². The number of Topliss-reactive ketones (excluding diaryl/α,β-unsaturated/α-hetero) is 1. The van der Waals surface area contributed by atoms with Gasteiger partial charge in [-0.2, -0.15) is 0 Å². The fourth-order valence-electron chi connectivity index (χ4n) is 3.56. The van der Waals surface area contributed by atoms with Crippen LogP contribution in [0.25, 0.3) is 0 Å². The molecule has 0 saturated heterocycles. The van der Waals surface area contributed by atoms with Gasteiger partial charge in [-0.25, -0.2) is 0 Å². The predicted molar refractivity (Wildman–Crippen MR) is 120 cm³/mol. The number of carbonyl (C=O) groups is 2. The van der Waals surface area contributed by atoms with Gasteiger partial charge in [0.2, 0.25) is 11.7 Å². The number of hydrogen-bond donors (Lipinski definition) is 1. The zero-order valence-electron chi connectivity index (χ0n) is 17.3. The molecular formula is C24H26N2O3S. The normalized spacial score (nSPS) is 13.3. The molecule has 0 aliphatic heterocycles. The van der Waals surface area contributed by atoms with Crippen molar-refractivity contribution in [3.05, 3.63) is 69.7 Å². The van der Waals surface area contributed by atoms with Crippen molar-refractivity contribution in [3.63, 3.8) is 0 Å². The summed E-state index contributed by atoms with van der Waals surface area (Å²) in [6, 6.07) is 13.3. The number of benzene rings is 1. The third-order valence-electron chi connectivity index (χ3n) is 5.48. The van der Waals surface area contributed by atoms with Crippen LogP contribution in [-0.2, 0) is 17.8 Å². The Kier molecular flexibility index (Phi) is 6.04. The van der Waals surface area contributed by atoms with Gasteiger partial charge in [0.1, 0.15) is 5.75 Å². The van der Waals surface area contributed by atoms with Crippen molar-refractivity contribution >= 4 is 28.7 Å². The lowest BCUT2D eigenvalue weighted by Gasteiger charge is -2.10. The van der Waals surface area contributed by atoms with E-state index >= 15 is 0 Å². The number of hydrogen-bond acceptors (Lipinski definition) is 4. The highest BCUT2D eigenvalue weighted by Crippen LogP contribution is 2.30. The SMILES string of the molecule is Cc1cc(C(=O)COc2ccc(NC(=O)C3CC3)cc2)c(C)n1CCc1cccs1. The summed E-state index contributed by atoms with van der Waals surface area (Å²) >= 11 is 1.76. The van der Waals surface area contributed by atoms with Crippen molar-refractivity contribution in [2.75, 3.05) is 11.9 Å². The van der Waals surface area contributed by atoms with E-state index in [1.54, 1.807) is 35.6 Å². The molecule has 0 bridgehead atoms. The second-order valence-electron chi connectivity index (χ2n) is 7.77. The number of nitrogens with zero attached hydrogens (tertiary/aromatic N) is 1. The summed E-state index contributed by atoms with van der Waals surface area (Å²) in [5.74, 6) is 0.826. The Hall–Kier alpha value is -2.86. The van der Waals surface area contributed by atoms with Crippen LogP contribution in [0, 0.1) is 19.8 Å². The lowest BCUT2D eigenvalue weighted by Crippen LogP contribution is -2.14.